The van der Waals surface area contributed by atoms with E-state index in [1.807, 2.05) is 9.47 Å². The minimum Gasteiger partial charge on any atom is -0.477 e. The molecule has 3 atom stereocenters. The SMILES string of the molecule is NCC1C2CN(c3cc4c(cc3F)c(=O)c(C(=O)O)cn4C3CC3)C[C@@H]12. The average molecular weight is 357 g/mol. The van der Waals surface area contributed by atoms with Crippen molar-refractivity contribution < 1.29 is 14.3 Å². The van der Waals surface area contributed by atoms with Gasteiger partial charge in [-0.15, -0.1) is 0 Å². The molecule has 0 bridgehead atoms. The number of halogens is 1. The highest BCUT2D eigenvalue weighted by Gasteiger charge is 2.54. The number of nitrogens with zero attached hydrogens (tertiary/aromatic N) is 2. The second-order valence-corrected chi connectivity index (χ2v) is 7.77. The molecule has 3 aliphatic rings. The Morgan fingerprint density at radius 1 is 1.27 bits per heavy atom. The summed E-state index contributed by atoms with van der Waals surface area (Å²) < 4.78 is 16.6. The first-order valence-electron chi connectivity index (χ1n) is 9.06. The Hall–Kier alpha value is -2.41. The van der Waals surface area contributed by atoms with Gasteiger partial charge < -0.3 is 20.3 Å². The number of fused-ring (bicyclic) bond motifs is 2. The van der Waals surface area contributed by atoms with E-state index in [1.54, 1.807) is 6.07 Å². The van der Waals surface area contributed by atoms with Crippen LogP contribution in [0.3, 0.4) is 0 Å². The molecule has 7 heteroatoms. The molecule has 6 nitrogen and oxygen atoms in total. The molecule has 2 aromatic rings. The maximum atomic E-state index is 14.8. The number of carbonyl (C=O) groups is 1. The number of aromatic carboxylic acids is 1. The van der Waals surface area contributed by atoms with Crippen molar-refractivity contribution in [1.29, 1.82) is 0 Å². The van der Waals surface area contributed by atoms with Crippen LogP contribution in [-0.2, 0) is 0 Å². The molecule has 2 aliphatic carbocycles. The normalized spacial score (nSPS) is 27.0. The van der Waals surface area contributed by atoms with Crippen LogP contribution in [0.4, 0.5) is 10.1 Å². The van der Waals surface area contributed by atoms with E-state index in [9.17, 15) is 19.1 Å². The third-order valence-electron chi connectivity index (χ3n) is 6.26. The number of carboxylic acid groups (broad SMARTS) is 1. The Balaban J connectivity index is 1.63. The third-order valence-corrected chi connectivity index (χ3v) is 6.26. The maximum absolute atomic E-state index is 14.8. The van der Waals surface area contributed by atoms with Crippen LogP contribution in [-0.4, -0.2) is 35.3 Å². The summed E-state index contributed by atoms with van der Waals surface area (Å²) in [7, 11) is 0. The van der Waals surface area contributed by atoms with E-state index in [2.05, 4.69) is 0 Å². The minimum absolute atomic E-state index is 0.141. The molecular weight excluding hydrogens is 337 g/mol. The molecule has 2 saturated carbocycles. The number of aromatic nitrogens is 1. The Kier molecular flexibility index (Phi) is 3.22. The molecule has 1 aromatic carbocycles. The number of anilines is 1. The number of hydrogen-bond acceptors (Lipinski definition) is 4. The zero-order chi connectivity index (χ0) is 18.2. The van der Waals surface area contributed by atoms with Crippen LogP contribution in [0.1, 0.15) is 29.2 Å². The van der Waals surface area contributed by atoms with Crippen molar-refractivity contribution in [1.82, 2.24) is 4.57 Å². The van der Waals surface area contributed by atoms with Crippen LogP contribution >= 0.6 is 0 Å². The van der Waals surface area contributed by atoms with E-state index >= 15 is 0 Å². The van der Waals surface area contributed by atoms with Crippen LogP contribution in [0.25, 0.3) is 10.9 Å². The minimum atomic E-state index is -1.27. The Bertz CT molecular complexity index is 986. The Morgan fingerprint density at radius 3 is 2.54 bits per heavy atom. The topological polar surface area (TPSA) is 88.6 Å². The van der Waals surface area contributed by atoms with Crippen molar-refractivity contribution in [2.45, 2.75) is 18.9 Å². The van der Waals surface area contributed by atoms with Gasteiger partial charge in [-0.3, -0.25) is 4.79 Å². The van der Waals surface area contributed by atoms with Gasteiger partial charge in [0, 0.05) is 30.7 Å². The average Bonchev–Trinajstić information content (AvgIpc) is 3.52. The highest BCUT2D eigenvalue weighted by atomic mass is 19.1. The molecule has 0 radical (unpaired) electrons. The standard InChI is InChI=1S/C19H20FN3O3/c20-15-3-10-16(4-17(15)22-6-12-11(5-21)13(12)7-22)23(9-1-2-9)8-14(18(10)24)19(25)26/h3-4,8-9,11-13H,1-2,5-7,21H2,(H,25,26)/t11?,12-,13?/m0/s1. The van der Waals surface area contributed by atoms with E-state index < -0.39 is 17.2 Å². The fourth-order valence-electron chi connectivity index (χ4n) is 4.60. The largest absolute Gasteiger partial charge is 0.477 e. The zero-order valence-corrected chi connectivity index (χ0v) is 14.2. The lowest BCUT2D eigenvalue weighted by Gasteiger charge is -2.23. The van der Waals surface area contributed by atoms with Gasteiger partial charge in [-0.05, 0) is 49.3 Å². The fraction of sp³-hybridized carbons (Fsp3) is 0.474. The molecule has 1 aromatic heterocycles. The quantitative estimate of drug-likeness (QED) is 0.871. The third kappa shape index (κ3) is 2.19. The van der Waals surface area contributed by atoms with Gasteiger partial charge in [0.25, 0.3) is 0 Å². The fourth-order valence-corrected chi connectivity index (χ4v) is 4.60. The number of pyridine rings is 1. The van der Waals surface area contributed by atoms with Crippen molar-refractivity contribution in [3.8, 4) is 0 Å². The number of benzene rings is 1. The molecule has 3 fully saturated rings. The molecule has 1 aliphatic heterocycles. The molecule has 0 amide bonds. The molecule has 0 spiro atoms. The van der Waals surface area contributed by atoms with Crippen LogP contribution in [0, 0.1) is 23.6 Å². The number of hydrogen-bond donors (Lipinski definition) is 2. The van der Waals surface area contributed by atoms with Gasteiger partial charge >= 0.3 is 5.97 Å². The van der Waals surface area contributed by atoms with Gasteiger partial charge in [0.2, 0.25) is 5.43 Å². The Labute approximate surface area is 149 Å². The summed E-state index contributed by atoms with van der Waals surface area (Å²) in [5.74, 6) is -0.115. The van der Waals surface area contributed by atoms with Gasteiger partial charge in [0.1, 0.15) is 11.4 Å². The van der Waals surface area contributed by atoms with Crippen molar-refractivity contribution >= 4 is 22.6 Å². The zero-order valence-electron chi connectivity index (χ0n) is 14.2. The van der Waals surface area contributed by atoms with Gasteiger partial charge in [-0.2, -0.15) is 0 Å². The van der Waals surface area contributed by atoms with Crippen LogP contribution in [0.15, 0.2) is 23.1 Å². The molecular formula is C19H20FN3O3. The van der Waals surface area contributed by atoms with E-state index in [1.165, 1.54) is 12.3 Å². The summed E-state index contributed by atoms with van der Waals surface area (Å²) in [6.45, 7) is 2.26. The lowest BCUT2D eigenvalue weighted by Crippen LogP contribution is -2.27. The van der Waals surface area contributed by atoms with E-state index in [0.29, 0.717) is 35.5 Å². The molecule has 1 saturated heterocycles. The monoisotopic (exact) mass is 357 g/mol. The number of rotatable bonds is 4. The van der Waals surface area contributed by atoms with Crippen molar-refractivity contribution in [3.63, 3.8) is 0 Å². The first-order chi connectivity index (χ1) is 12.5. The predicted molar refractivity (Wildman–Crippen MR) is 95.1 cm³/mol. The number of carboxylic acids is 1. The summed E-state index contributed by atoms with van der Waals surface area (Å²) in [5.41, 5.74) is 5.94. The molecule has 2 heterocycles. The van der Waals surface area contributed by atoms with Crippen LogP contribution in [0.5, 0.6) is 0 Å². The van der Waals surface area contributed by atoms with E-state index in [4.69, 9.17) is 5.73 Å². The van der Waals surface area contributed by atoms with Crippen LogP contribution < -0.4 is 16.1 Å². The summed E-state index contributed by atoms with van der Waals surface area (Å²) in [6, 6.07) is 3.11. The van der Waals surface area contributed by atoms with Crippen molar-refractivity contribution in [2.24, 2.45) is 23.5 Å². The highest BCUT2D eigenvalue weighted by Crippen LogP contribution is 2.52. The second kappa shape index (κ2) is 5.30. The van der Waals surface area contributed by atoms with E-state index in [-0.39, 0.29) is 17.0 Å². The van der Waals surface area contributed by atoms with Gasteiger partial charge in [-0.25, -0.2) is 9.18 Å². The van der Waals surface area contributed by atoms with Gasteiger partial charge in [0.05, 0.1) is 11.2 Å². The van der Waals surface area contributed by atoms with Gasteiger partial charge in [-0.1, -0.05) is 0 Å². The number of nitrogens with two attached hydrogens (primary N) is 1. The highest BCUT2D eigenvalue weighted by molar-refractivity contribution is 5.93. The number of piperidine rings is 1. The lowest BCUT2D eigenvalue weighted by molar-refractivity contribution is 0.0695. The van der Waals surface area contributed by atoms with Gasteiger partial charge in [0.15, 0.2) is 0 Å². The predicted octanol–water partition coefficient (Wildman–Crippen LogP) is 1.81. The summed E-state index contributed by atoms with van der Waals surface area (Å²) in [4.78, 5) is 25.9. The first-order valence-corrected chi connectivity index (χ1v) is 9.06. The van der Waals surface area contributed by atoms with Crippen molar-refractivity contribution in [2.75, 3.05) is 24.5 Å². The van der Waals surface area contributed by atoms with E-state index in [0.717, 1.165) is 25.9 Å². The Morgan fingerprint density at radius 2 is 1.96 bits per heavy atom. The molecule has 26 heavy (non-hydrogen) atoms. The summed E-state index contributed by atoms with van der Waals surface area (Å²) >= 11 is 0. The first kappa shape index (κ1) is 15.8. The molecule has 3 N–H and O–H groups in total. The second-order valence-electron chi connectivity index (χ2n) is 7.77. The summed E-state index contributed by atoms with van der Waals surface area (Å²) in [6.07, 6.45) is 3.30. The van der Waals surface area contributed by atoms with Crippen LogP contribution in [0.2, 0.25) is 0 Å². The smallest absolute Gasteiger partial charge is 0.341 e. The van der Waals surface area contributed by atoms with Crippen molar-refractivity contribution in [3.05, 3.63) is 39.9 Å². The summed E-state index contributed by atoms with van der Waals surface area (Å²) in [5, 5.41) is 9.45. The lowest BCUT2D eigenvalue weighted by atomic mass is 10.1. The maximum Gasteiger partial charge on any atom is 0.341 e. The molecule has 136 valence electrons. The molecule has 5 rings (SSSR count). The molecule has 2 unspecified atom stereocenters.